The Morgan fingerprint density at radius 3 is 2.26 bits per heavy atom. The third-order valence-electron chi connectivity index (χ3n) is 4.80. The van der Waals surface area contributed by atoms with Gasteiger partial charge in [-0.3, -0.25) is 0 Å². The second kappa shape index (κ2) is 9.15. The first-order valence-electron chi connectivity index (χ1n) is 9.34. The van der Waals surface area contributed by atoms with Crippen molar-refractivity contribution in [3.8, 4) is 11.5 Å². The van der Waals surface area contributed by atoms with Crippen molar-refractivity contribution in [1.29, 1.82) is 0 Å². The lowest BCUT2D eigenvalue weighted by atomic mass is 10.3. The van der Waals surface area contributed by atoms with Crippen molar-refractivity contribution in [1.82, 2.24) is 4.72 Å². The van der Waals surface area contributed by atoms with Crippen LogP contribution in [0.3, 0.4) is 0 Å². The van der Waals surface area contributed by atoms with E-state index in [0.717, 1.165) is 6.07 Å². The average molecular weight is 490 g/mol. The number of benzene rings is 2. The maximum Gasteiger partial charge on any atom is 0.240 e. The second-order valence-electron chi connectivity index (χ2n) is 6.97. The number of hydrogen-bond acceptors (Lipinski definition) is 8. The summed E-state index contributed by atoms with van der Waals surface area (Å²) in [6.45, 7) is 0.0235. The van der Waals surface area contributed by atoms with Crippen molar-refractivity contribution in [3.05, 3.63) is 48.5 Å². The molecule has 0 aromatic heterocycles. The number of sulfonamides is 1. The van der Waals surface area contributed by atoms with Crippen molar-refractivity contribution in [2.24, 2.45) is 0 Å². The first kappa shape index (κ1) is 23.5. The standard InChI is InChI=1S/C19H23NO8S3/c1-27-15-5-7-16(8-6-15)28-11-10-20-31(25,26)18-4-2-3-17(13-18)30(23,24)19-9-12-29(21,22)14-19/h2-8,13,19-20H,9-12,14H2,1H3/t19-/m1/s1. The summed E-state index contributed by atoms with van der Waals surface area (Å²) < 4.78 is 86.8. The highest BCUT2D eigenvalue weighted by molar-refractivity contribution is 7.96. The number of ether oxygens (including phenoxy) is 2. The molecule has 1 aliphatic heterocycles. The molecule has 0 bridgehead atoms. The molecule has 1 N–H and O–H groups in total. The zero-order valence-electron chi connectivity index (χ0n) is 16.7. The van der Waals surface area contributed by atoms with Gasteiger partial charge in [-0.25, -0.2) is 30.0 Å². The van der Waals surface area contributed by atoms with Crippen LogP contribution in [0.4, 0.5) is 0 Å². The van der Waals surface area contributed by atoms with E-state index in [1.54, 1.807) is 31.4 Å². The van der Waals surface area contributed by atoms with Crippen molar-refractivity contribution in [2.45, 2.75) is 21.5 Å². The molecule has 0 unspecified atom stereocenters. The van der Waals surface area contributed by atoms with Gasteiger partial charge in [0, 0.05) is 6.54 Å². The number of hydrogen-bond donors (Lipinski definition) is 1. The summed E-state index contributed by atoms with van der Waals surface area (Å²) in [4.78, 5) is -0.439. The maximum atomic E-state index is 12.8. The summed E-state index contributed by atoms with van der Waals surface area (Å²) in [6.07, 6.45) is 0.00257. The highest BCUT2D eigenvalue weighted by atomic mass is 32.2. The molecule has 2 aromatic rings. The zero-order chi connectivity index (χ0) is 22.7. The highest BCUT2D eigenvalue weighted by Crippen LogP contribution is 2.26. The van der Waals surface area contributed by atoms with Gasteiger partial charge in [0.15, 0.2) is 19.7 Å². The molecule has 0 aliphatic carbocycles. The van der Waals surface area contributed by atoms with Gasteiger partial charge in [-0.15, -0.1) is 0 Å². The average Bonchev–Trinajstić information content (AvgIpc) is 3.12. The van der Waals surface area contributed by atoms with Crippen molar-refractivity contribution < 1.29 is 34.7 Å². The topological polar surface area (TPSA) is 133 Å². The van der Waals surface area contributed by atoms with Gasteiger partial charge in [-0.05, 0) is 48.9 Å². The van der Waals surface area contributed by atoms with Crippen LogP contribution in [-0.4, -0.2) is 62.3 Å². The van der Waals surface area contributed by atoms with E-state index in [4.69, 9.17) is 9.47 Å². The SMILES string of the molecule is COc1ccc(OCCNS(=O)(=O)c2cccc(S(=O)(=O)[C@@H]3CCS(=O)(=O)C3)c2)cc1. The van der Waals surface area contributed by atoms with Crippen molar-refractivity contribution >= 4 is 29.7 Å². The van der Waals surface area contributed by atoms with E-state index >= 15 is 0 Å². The Bertz CT molecular complexity index is 1240. The van der Waals surface area contributed by atoms with Crippen LogP contribution in [0, 0.1) is 0 Å². The van der Waals surface area contributed by atoms with E-state index in [0.29, 0.717) is 11.5 Å². The fourth-order valence-electron chi connectivity index (χ4n) is 3.12. The molecule has 0 radical (unpaired) electrons. The number of nitrogens with one attached hydrogen (secondary N) is 1. The quantitative estimate of drug-likeness (QED) is 0.516. The van der Waals surface area contributed by atoms with E-state index in [1.807, 2.05) is 0 Å². The van der Waals surface area contributed by atoms with E-state index in [1.165, 1.54) is 18.2 Å². The summed E-state index contributed by atoms with van der Waals surface area (Å²) in [6, 6.07) is 11.7. The Labute approximate surface area is 182 Å². The largest absolute Gasteiger partial charge is 0.497 e. The molecule has 170 valence electrons. The van der Waals surface area contributed by atoms with Crippen LogP contribution >= 0.6 is 0 Å². The zero-order valence-corrected chi connectivity index (χ0v) is 19.2. The third kappa shape index (κ3) is 5.76. The van der Waals surface area contributed by atoms with E-state index in [9.17, 15) is 25.3 Å². The Hall–Kier alpha value is -2.15. The predicted octanol–water partition coefficient (Wildman–Crippen LogP) is 1.01. The molecule has 1 aliphatic rings. The summed E-state index contributed by atoms with van der Waals surface area (Å²) in [7, 11) is -9.81. The van der Waals surface area contributed by atoms with Crippen molar-refractivity contribution in [2.75, 3.05) is 31.8 Å². The molecule has 2 aromatic carbocycles. The van der Waals surface area contributed by atoms with Crippen LogP contribution in [-0.2, 0) is 29.7 Å². The first-order valence-corrected chi connectivity index (χ1v) is 14.2. The molecule has 0 saturated carbocycles. The van der Waals surface area contributed by atoms with E-state index in [-0.39, 0.29) is 35.1 Å². The third-order valence-corrected chi connectivity index (χ3v) is 10.4. The monoisotopic (exact) mass is 489 g/mol. The van der Waals surface area contributed by atoms with E-state index in [2.05, 4.69) is 4.72 Å². The van der Waals surface area contributed by atoms with Gasteiger partial charge in [0.05, 0.1) is 33.7 Å². The molecule has 1 atom stereocenters. The first-order chi connectivity index (χ1) is 14.5. The minimum absolute atomic E-state index is 0.00257. The van der Waals surface area contributed by atoms with Gasteiger partial charge >= 0.3 is 0 Å². The molecule has 0 spiro atoms. The van der Waals surface area contributed by atoms with Crippen LogP contribution in [0.15, 0.2) is 58.3 Å². The molecular weight excluding hydrogens is 466 g/mol. The van der Waals surface area contributed by atoms with Crippen LogP contribution in [0.25, 0.3) is 0 Å². The fraction of sp³-hybridized carbons (Fsp3) is 0.368. The Morgan fingerprint density at radius 2 is 1.65 bits per heavy atom. The van der Waals surface area contributed by atoms with Crippen LogP contribution < -0.4 is 14.2 Å². The fourth-order valence-corrected chi connectivity index (χ4v) is 8.65. The lowest BCUT2D eigenvalue weighted by Gasteiger charge is -2.12. The lowest BCUT2D eigenvalue weighted by molar-refractivity contribution is 0.322. The smallest absolute Gasteiger partial charge is 0.240 e. The second-order valence-corrected chi connectivity index (χ2v) is 13.2. The Balaban J connectivity index is 1.65. The summed E-state index contributed by atoms with van der Waals surface area (Å²) >= 11 is 0. The summed E-state index contributed by atoms with van der Waals surface area (Å²) in [5.41, 5.74) is 0. The van der Waals surface area contributed by atoms with Crippen LogP contribution in [0.5, 0.6) is 11.5 Å². The van der Waals surface area contributed by atoms with Gasteiger partial charge < -0.3 is 9.47 Å². The molecule has 1 heterocycles. The normalized spacial score (nSPS) is 18.5. The molecular formula is C19H23NO8S3. The van der Waals surface area contributed by atoms with Crippen molar-refractivity contribution in [3.63, 3.8) is 0 Å². The van der Waals surface area contributed by atoms with Gasteiger partial charge in [-0.2, -0.15) is 0 Å². The summed E-state index contributed by atoms with van der Waals surface area (Å²) in [5.74, 6) is 0.565. The lowest BCUT2D eigenvalue weighted by Crippen LogP contribution is -2.28. The number of sulfone groups is 2. The molecule has 0 amide bonds. The highest BCUT2D eigenvalue weighted by Gasteiger charge is 2.38. The number of rotatable bonds is 9. The Kier molecular flexibility index (Phi) is 6.94. The minimum Gasteiger partial charge on any atom is -0.497 e. The van der Waals surface area contributed by atoms with Gasteiger partial charge in [0.2, 0.25) is 10.0 Å². The molecule has 1 fully saturated rings. The van der Waals surface area contributed by atoms with Crippen LogP contribution in [0.2, 0.25) is 0 Å². The van der Waals surface area contributed by atoms with E-state index < -0.39 is 40.7 Å². The predicted molar refractivity (Wildman–Crippen MR) is 114 cm³/mol. The van der Waals surface area contributed by atoms with Gasteiger partial charge in [0.1, 0.15) is 18.1 Å². The molecule has 9 nitrogen and oxygen atoms in total. The number of methoxy groups -OCH3 is 1. The van der Waals surface area contributed by atoms with Gasteiger partial charge in [0.25, 0.3) is 0 Å². The minimum atomic E-state index is -3.99. The Morgan fingerprint density at radius 1 is 1.00 bits per heavy atom. The molecule has 31 heavy (non-hydrogen) atoms. The molecule has 1 saturated heterocycles. The van der Waals surface area contributed by atoms with Crippen LogP contribution in [0.1, 0.15) is 6.42 Å². The maximum absolute atomic E-state index is 12.8. The molecule has 12 heteroatoms. The molecule has 3 rings (SSSR count). The van der Waals surface area contributed by atoms with Gasteiger partial charge in [-0.1, -0.05) is 6.07 Å². The summed E-state index contributed by atoms with van der Waals surface area (Å²) in [5, 5.41) is -1.07.